The highest BCUT2D eigenvalue weighted by Gasteiger charge is 2.16. The summed E-state index contributed by atoms with van der Waals surface area (Å²) in [6, 6.07) is 13.0. The first kappa shape index (κ1) is 17.9. The van der Waals surface area contributed by atoms with Crippen molar-refractivity contribution in [3.05, 3.63) is 71.7 Å². The molecular weight excluding hydrogens is 356 g/mol. The van der Waals surface area contributed by atoms with Crippen LogP contribution in [0.25, 0.3) is 5.82 Å². The number of nitrogens with zero attached hydrogens (tertiary/aromatic N) is 4. The van der Waals surface area contributed by atoms with E-state index >= 15 is 0 Å². The molecular formula is C20H18N6O2. The molecule has 8 nitrogen and oxygen atoms in total. The Bertz CT molecular complexity index is 998. The number of nitrogens with one attached hydrogen (secondary N) is 2. The highest BCUT2D eigenvalue weighted by atomic mass is 16.5. The van der Waals surface area contributed by atoms with Crippen LogP contribution in [0.5, 0.6) is 0 Å². The van der Waals surface area contributed by atoms with Gasteiger partial charge in [0.15, 0.2) is 5.82 Å². The molecule has 8 heteroatoms. The van der Waals surface area contributed by atoms with Crippen LogP contribution in [0.1, 0.15) is 27.6 Å². The van der Waals surface area contributed by atoms with Gasteiger partial charge >= 0.3 is 0 Å². The number of carbonyl (C=O) groups is 1. The Morgan fingerprint density at radius 2 is 2.11 bits per heavy atom. The van der Waals surface area contributed by atoms with E-state index < -0.39 is 0 Å². The third-order valence-corrected chi connectivity index (χ3v) is 4.42. The Morgan fingerprint density at radius 3 is 2.79 bits per heavy atom. The van der Waals surface area contributed by atoms with E-state index in [0.29, 0.717) is 29.2 Å². The summed E-state index contributed by atoms with van der Waals surface area (Å²) in [4.78, 5) is 16.6. The van der Waals surface area contributed by atoms with Gasteiger partial charge in [0.1, 0.15) is 6.07 Å². The van der Waals surface area contributed by atoms with E-state index in [1.807, 2.05) is 30.3 Å². The summed E-state index contributed by atoms with van der Waals surface area (Å²) in [5, 5.41) is 19.2. The molecule has 3 aromatic rings. The van der Waals surface area contributed by atoms with Gasteiger partial charge in [0, 0.05) is 31.2 Å². The van der Waals surface area contributed by atoms with E-state index in [1.54, 1.807) is 18.3 Å². The normalized spacial score (nSPS) is 16.3. The Labute approximate surface area is 161 Å². The van der Waals surface area contributed by atoms with Gasteiger partial charge in [-0.15, -0.1) is 0 Å². The molecule has 0 radical (unpaired) electrons. The average molecular weight is 374 g/mol. The number of anilines is 1. The molecule has 1 fully saturated rings. The minimum absolute atomic E-state index is 0.0386. The maximum Gasteiger partial charge on any atom is 0.258 e. The summed E-state index contributed by atoms with van der Waals surface area (Å²) in [6.07, 6.45) is 4.57. The van der Waals surface area contributed by atoms with Crippen molar-refractivity contribution < 1.29 is 9.53 Å². The van der Waals surface area contributed by atoms with Gasteiger partial charge in [-0.2, -0.15) is 10.4 Å². The lowest BCUT2D eigenvalue weighted by Gasteiger charge is -2.24. The van der Waals surface area contributed by atoms with E-state index in [1.165, 1.54) is 17.1 Å². The highest BCUT2D eigenvalue weighted by molar-refractivity contribution is 6.03. The number of aromatic nitrogens is 3. The van der Waals surface area contributed by atoms with Crippen LogP contribution < -0.4 is 10.6 Å². The molecule has 1 unspecified atom stereocenters. The predicted molar refractivity (Wildman–Crippen MR) is 102 cm³/mol. The van der Waals surface area contributed by atoms with Crippen molar-refractivity contribution in [1.82, 2.24) is 20.1 Å². The second-order valence-electron chi connectivity index (χ2n) is 6.33. The van der Waals surface area contributed by atoms with E-state index in [9.17, 15) is 4.79 Å². The van der Waals surface area contributed by atoms with E-state index in [2.05, 4.69) is 20.7 Å². The number of amides is 1. The van der Waals surface area contributed by atoms with Gasteiger partial charge in [-0.3, -0.25) is 4.79 Å². The van der Waals surface area contributed by atoms with Crippen molar-refractivity contribution in [3.63, 3.8) is 0 Å². The zero-order chi connectivity index (χ0) is 19.3. The van der Waals surface area contributed by atoms with Crippen LogP contribution >= 0.6 is 0 Å². The van der Waals surface area contributed by atoms with Crippen LogP contribution in [0, 0.1) is 11.3 Å². The first-order chi connectivity index (χ1) is 13.7. The van der Waals surface area contributed by atoms with Crippen molar-refractivity contribution in [3.8, 4) is 11.9 Å². The second kappa shape index (κ2) is 8.00. The van der Waals surface area contributed by atoms with Crippen LogP contribution in [0.2, 0.25) is 0 Å². The molecule has 1 atom stereocenters. The Kier molecular flexibility index (Phi) is 5.10. The van der Waals surface area contributed by atoms with Crippen LogP contribution in [-0.4, -0.2) is 40.4 Å². The molecule has 1 aliphatic heterocycles. The van der Waals surface area contributed by atoms with Crippen molar-refractivity contribution >= 4 is 11.6 Å². The molecule has 4 rings (SSSR count). The molecule has 140 valence electrons. The van der Waals surface area contributed by atoms with Gasteiger partial charge in [0.25, 0.3) is 5.91 Å². The molecule has 2 N–H and O–H groups in total. The Morgan fingerprint density at radius 1 is 1.25 bits per heavy atom. The lowest BCUT2D eigenvalue weighted by atomic mass is 10.1. The van der Waals surface area contributed by atoms with Crippen molar-refractivity contribution in [1.29, 1.82) is 5.26 Å². The van der Waals surface area contributed by atoms with Gasteiger partial charge < -0.3 is 15.4 Å². The topological polar surface area (TPSA) is 105 Å². The molecule has 0 spiro atoms. The zero-order valence-corrected chi connectivity index (χ0v) is 15.0. The number of pyridine rings is 1. The molecule has 0 saturated carbocycles. The van der Waals surface area contributed by atoms with Crippen LogP contribution in [0.4, 0.5) is 5.69 Å². The smallest absolute Gasteiger partial charge is 0.258 e. The van der Waals surface area contributed by atoms with Gasteiger partial charge in [-0.05, 0) is 29.8 Å². The SMILES string of the molecule is N#Cc1ccc(-n2cc(C(=O)Nc3ccc(C4CNCCO4)cc3)cn2)nc1. The standard InChI is InChI=1S/C20H18N6O2/c21-9-14-1-6-19(23-10-14)26-13-16(11-24-26)20(27)25-17-4-2-15(3-5-17)18-12-22-7-8-28-18/h1-6,10-11,13,18,22H,7-8,12H2,(H,25,27). The molecule has 3 heterocycles. The molecule has 1 aromatic carbocycles. The van der Waals surface area contributed by atoms with Gasteiger partial charge in [-0.25, -0.2) is 9.67 Å². The number of ether oxygens (including phenoxy) is 1. The molecule has 2 aromatic heterocycles. The van der Waals surface area contributed by atoms with Crippen LogP contribution in [-0.2, 0) is 4.74 Å². The maximum absolute atomic E-state index is 12.5. The van der Waals surface area contributed by atoms with Gasteiger partial charge in [0.2, 0.25) is 0 Å². The summed E-state index contributed by atoms with van der Waals surface area (Å²) >= 11 is 0. The summed E-state index contributed by atoms with van der Waals surface area (Å²) in [5.74, 6) is 0.270. The molecule has 1 aliphatic rings. The molecule has 0 bridgehead atoms. The number of hydrogen-bond donors (Lipinski definition) is 2. The second-order valence-corrected chi connectivity index (χ2v) is 6.33. The number of morpholine rings is 1. The molecule has 0 aliphatic carbocycles. The zero-order valence-electron chi connectivity index (χ0n) is 15.0. The molecule has 1 amide bonds. The number of hydrogen-bond acceptors (Lipinski definition) is 6. The molecule has 1 saturated heterocycles. The van der Waals surface area contributed by atoms with Gasteiger partial charge in [0.05, 0.1) is 30.0 Å². The summed E-state index contributed by atoms with van der Waals surface area (Å²) in [7, 11) is 0. The minimum atomic E-state index is -0.261. The summed E-state index contributed by atoms with van der Waals surface area (Å²) in [5.41, 5.74) is 2.65. The Balaban J connectivity index is 1.42. The largest absolute Gasteiger partial charge is 0.371 e. The van der Waals surface area contributed by atoms with E-state index in [-0.39, 0.29) is 12.0 Å². The monoisotopic (exact) mass is 374 g/mol. The van der Waals surface area contributed by atoms with Crippen molar-refractivity contribution in [2.75, 3.05) is 25.0 Å². The lowest BCUT2D eigenvalue weighted by Crippen LogP contribution is -2.33. The van der Waals surface area contributed by atoms with Crippen LogP contribution in [0.3, 0.4) is 0 Å². The third kappa shape index (κ3) is 3.91. The fraction of sp³-hybridized carbons (Fsp3) is 0.200. The van der Waals surface area contributed by atoms with Gasteiger partial charge in [-0.1, -0.05) is 12.1 Å². The number of benzene rings is 1. The van der Waals surface area contributed by atoms with Crippen molar-refractivity contribution in [2.45, 2.75) is 6.10 Å². The first-order valence-electron chi connectivity index (χ1n) is 8.88. The Hall–Kier alpha value is -3.54. The van der Waals surface area contributed by atoms with Crippen molar-refractivity contribution in [2.24, 2.45) is 0 Å². The predicted octanol–water partition coefficient (Wildman–Crippen LogP) is 2.05. The van der Waals surface area contributed by atoms with E-state index in [0.717, 1.165) is 18.7 Å². The number of carbonyl (C=O) groups excluding carboxylic acids is 1. The highest BCUT2D eigenvalue weighted by Crippen LogP contribution is 2.21. The average Bonchev–Trinajstić information content (AvgIpc) is 3.25. The summed E-state index contributed by atoms with van der Waals surface area (Å²) in [6.45, 7) is 2.35. The first-order valence-corrected chi connectivity index (χ1v) is 8.88. The number of nitriles is 1. The van der Waals surface area contributed by atoms with E-state index in [4.69, 9.17) is 10.00 Å². The third-order valence-electron chi connectivity index (χ3n) is 4.42. The minimum Gasteiger partial charge on any atom is -0.371 e. The molecule has 28 heavy (non-hydrogen) atoms. The van der Waals surface area contributed by atoms with Crippen LogP contribution in [0.15, 0.2) is 55.0 Å². The quantitative estimate of drug-likeness (QED) is 0.724. The lowest BCUT2D eigenvalue weighted by molar-refractivity contribution is 0.0277. The summed E-state index contributed by atoms with van der Waals surface area (Å²) < 4.78 is 7.22. The fourth-order valence-electron chi connectivity index (χ4n) is 2.92. The maximum atomic E-state index is 12.5. The number of rotatable bonds is 4. The fourth-order valence-corrected chi connectivity index (χ4v) is 2.92.